The number of nitrogens with one attached hydrogen (secondary N) is 1. The average molecular weight is 399 g/mol. The maximum absolute atomic E-state index is 13.3. The highest BCUT2D eigenvalue weighted by molar-refractivity contribution is 5.91. The average Bonchev–Trinajstić information content (AvgIpc) is 3.04. The molecule has 0 spiro atoms. The molecule has 1 aromatic carbocycles. The second-order valence-corrected chi connectivity index (χ2v) is 6.24. The molecule has 0 saturated carbocycles. The summed E-state index contributed by atoms with van der Waals surface area (Å²) in [6.45, 7) is 4.18. The van der Waals surface area contributed by atoms with Gasteiger partial charge in [-0.25, -0.2) is 9.48 Å². The van der Waals surface area contributed by atoms with Gasteiger partial charge in [0.25, 0.3) is 0 Å². The van der Waals surface area contributed by atoms with Crippen LogP contribution in [0.25, 0.3) is 5.69 Å². The molecule has 1 amide bonds. The first-order valence-electron chi connectivity index (χ1n) is 8.50. The summed E-state index contributed by atoms with van der Waals surface area (Å²) in [5, 5.41) is 15.1. The molecule has 2 N–H and O–H groups in total. The van der Waals surface area contributed by atoms with E-state index in [0.717, 1.165) is 0 Å². The Kier molecular flexibility index (Phi) is 6.79. The molecular weight excluding hydrogens is 379 g/mol. The standard InChI is InChI=1S/C18H20F3N3O4/c1-11(2)28-8-4-7-15(25)23-12-5-3-6-13(9-12)24-16(18(19,20)21)14(10-22-24)17(26)27/h3,5-6,9-11H,4,7-8H2,1-2H3,(H,23,25)(H,26,27). The number of amides is 1. The van der Waals surface area contributed by atoms with Crippen molar-refractivity contribution in [1.29, 1.82) is 0 Å². The molecule has 28 heavy (non-hydrogen) atoms. The first-order valence-corrected chi connectivity index (χ1v) is 8.50. The number of nitrogens with zero attached hydrogens (tertiary/aromatic N) is 2. The Morgan fingerprint density at radius 3 is 2.64 bits per heavy atom. The number of anilines is 1. The van der Waals surface area contributed by atoms with E-state index in [1.807, 2.05) is 13.8 Å². The van der Waals surface area contributed by atoms with Crippen molar-refractivity contribution in [1.82, 2.24) is 9.78 Å². The van der Waals surface area contributed by atoms with E-state index in [1.54, 1.807) is 0 Å². The Morgan fingerprint density at radius 1 is 1.32 bits per heavy atom. The predicted octanol–water partition coefficient (Wildman–Crippen LogP) is 3.73. The van der Waals surface area contributed by atoms with Gasteiger partial charge in [0.2, 0.25) is 5.91 Å². The van der Waals surface area contributed by atoms with E-state index in [1.165, 1.54) is 24.3 Å². The molecule has 7 nitrogen and oxygen atoms in total. The molecule has 2 rings (SSSR count). The van der Waals surface area contributed by atoms with Crippen LogP contribution in [0.5, 0.6) is 0 Å². The van der Waals surface area contributed by atoms with Gasteiger partial charge >= 0.3 is 12.1 Å². The zero-order chi connectivity index (χ0) is 20.9. The third kappa shape index (κ3) is 5.56. The Hall–Kier alpha value is -2.88. The molecule has 0 atom stereocenters. The lowest BCUT2D eigenvalue weighted by atomic mass is 10.2. The van der Waals surface area contributed by atoms with E-state index in [9.17, 15) is 22.8 Å². The van der Waals surface area contributed by atoms with Crippen molar-refractivity contribution in [3.63, 3.8) is 0 Å². The molecular formula is C18H20F3N3O4. The molecule has 1 heterocycles. The molecule has 0 fully saturated rings. The zero-order valence-electron chi connectivity index (χ0n) is 15.3. The van der Waals surface area contributed by atoms with Crippen molar-refractivity contribution < 1.29 is 32.6 Å². The van der Waals surface area contributed by atoms with E-state index in [0.29, 0.717) is 23.9 Å². The fourth-order valence-corrected chi connectivity index (χ4v) is 2.46. The minimum atomic E-state index is -4.92. The number of halogens is 3. The van der Waals surface area contributed by atoms with Crippen molar-refractivity contribution in [2.45, 2.75) is 39.0 Å². The molecule has 0 radical (unpaired) electrons. The molecule has 0 aliphatic rings. The number of carboxylic acid groups (broad SMARTS) is 1. The van der Waals surface area contributed by atoms with Crippen LogP contribution < -0.4 is 5.32 Å². The Morgan fingerprint density at radius 2 is 2.04 bits per heavy atom. The number of ether oxygens (including phenoxy) is 1. The second-order valence-electron chi connectivity index (χ2n) is 6.24. The van der Waals surface area contributed by atoms with Crippen LogP contribution in [-0.4, -0.2) is 39.5 Å². The van der Waals surface area contributed by atoms with Crippen LogP contribution in [-0.2, 0) is 15.7 Å². The van der Waals surface area contributed by atoms with E-state index >= 15 is 0 Å². The van der Waals surface area contributed by atoms with Gasteiger partial charge in [-0.1, -0.05) is 6.07 Å². The topological polar surface area (TPSA) is 93.5 Å². The van der Waals surface area contributed by atoms with Gasteiger partial charge in [0.15, 0.2) is 5.69 Å². The Bertz CT molecular complexity index is 847. The van der Waals surface area contributed by atoms with E-state index in [-0.39, 0.29) is 29.8 Å². The number of hydrogen-bond acceptors (Lipinski definition) is 4. The predicted molar refractivity (Wildman–Crippen MR) is 94.5 cm³/mol. The van der Waals surface area contributed by atoms with Gasteiger partial charge in [0.05, 0.1) is 18.0 Å². The minimum absolute atomic E-state index is 0.0271. The number of carbonyl (C=O) groups is 2. The van der Waals surface area contributed by atoms with Gasteiger partial charge in [-0.05, 0) is 38.5 Å². The van der Waals surface area contributed by atoms with Crippen molar-refractivity contribution in [3.05, 3.63) is 41.7 Å². The fourth-order valence-electron chi connectivity index (χ4n) is 2.46. The van der Waals surface area contributed by atoms with Crippen LogP contribution in [0.3, 0.4) is 0 Å². The third-order valence-corrected chi connectivity index (χ3v) is 3.64. The lowest BCUT2D eigenvalue weighted by Gasteiger charge is -2.13. The highest BCUT2D eigenvalue weighted by atomic mass is 19.4. The van der Waals surface area contributed by atoms with Gasteiger partial charge < -0.3 is 15.2 Å². The second kappa shape index (κ2) is 8.87. The van der Waals surface area contributed by atoms with E-state index in [4.69, 9.17) is 9.84 Å². The smallest absolute Gasteiger partial charge is 0.434 e. The lowest BCUT2D eigenvalue weighted by molar-refractivity contribution is -0.143. The zero-order valence-corrected chi connectivity index (χ0v) is 15.3. The number of hydrogen-bond donors (Lipinski definition) is 2. The maximum atomic E-state index is 13.3. The molecule has 2 aromatic rings. The van der Waals surface area contributed by atoms with Gasteiger partial charge in [-0.2, -0.15) is 18.3 Å². The molecule has 0 bridgehead atoms. The SMILES string of the molecule is CC(C)OCCCC(=O)Nc1cccc(-n2ncc(C(=O)O)c2C(F)(F)F)c1. The molecule has 0 unspecified atom stereocenters. The van der Waals surface area contributed by atoms with Crippen LogP contribution in [0.2, 0.25) is 0 Å². The molecule has 1 aromatic heterocycles. The summed E-state index contributed by atoms with van der Waals surface area (Å²) in [4.78, 5) is 23.0. The van der Waals surface area contributed by atoms with E-state index < -0.39 is 23.4 Å². The van der Waals surface area contributed by atoms with Crippen molar-refractivity contribution in [2.75, 3.05) is 11.9 Å². The van der Waals surface area contributed by atoms with Crippen molar-refractivity contribution in [2.24, 2.45) is 0 Å². The summed E-state index contributed by atoms with van der Waals surface area (Å²) in [7, 11) is 0. The summed E-state index contributed by atoms with van der Waals surface area (Å²) in [5.41, 5.74) is -2.10. The number of benzene rings is 1. The van der Waals surface area contributed by atoms with Gasteiger partial charge in [-0.15, -0.1) is 0 Å². The number of aromatic carboxylic acids is 1. The third-order valence-electron chi connectivity index (χ3n) is 3.64. The Balaban J connectivity index is 2.18. The van der Waals surface area contributed by atoms with Crippen molar-refractivity contribution in [3.8, 4) is 5.69 Å². The molecule has 0 aliphatic heterocycles. The number of carboxylic acids is 1. The Labute approximate surface area is 159 Å². The molecule has 0 aliphatic carbocycles. The van der Waals surface area contributed by atoms with Crippen LogP contribution in [0.1, 0.15) is 42.7 Å². The summed E-state index contributed by atoms with van der Waals surface area (Å²) in [5.74, 6) is -2.04. The largest absolute Gasteiger partial charge is 0.478 e. The van der Waals surface area contributed by atoms with Gasteiger partial charge in [0, 0.05) is 18.7 Å². The summed E-state index contributed by atoms with van der Waals surface area (Å²) in [6.07, 6.45) is -3.52. The number of carbonyl (C=O) groups excluding carboxylic acids is 1. The normalized spacial score (nSPS) is 11.6. The fraction of sp³-hybridized carbons (Fsp3) is 0.389. The van der Waals surface area contributed by atoms with Crippen molar-refractivity contribution >= 4 is 17.6 Å². The quantitative estimate of drug-likeness (QED) is 0.660. The summed E-state index contributed by atoms with van der Waals surface area (Å²) >= 11 is 0. The van der Waals surface area contributed by atoms with Gasteiger partial charge in [-0.3, -0.25) is 4.79 Å². The maximum Gasteiger partial charge on any atom is 0.434 e. The van der Waals surface area contributed by atoms with Crippen LogP contribution in [0.4, 0.5) is 18.9 Å². The van der Waals surface area contributed by atoms with Crippen LogP contribution in [0, 0.1) is 0 Å². The van der Waals surface area contributed by atoms with Crippen LogP contribution >= 0.6 is 0 Å². The summed E-state index contributed by atoms with van der Waals surface area (Å²) in [6, 6.07) is 5.58. The number of rotatable bonds is 8. The molecule has 10 heteroatoms. The summed E-state index contributed by atoms with van der Waals surface area (Å²) < 4.78 is 45.8. The monoisotopic (exact) mass is 399 g/mol. The van der Waals surface area contributed by atoms with Gasteiger partial charge in [0.1, 0.15) is 5.56 Å². The molecule has 152 valence electrons. The highest BCUT2D eigenvalue weighted by Gasteiger charge is 2.40. The number of alkyl halides is 3. The first-order chi connectivity index (χ1) is 13.1. The minimum Gasteiger partial charge on any atom is -0.478 e. The first kappa shape index (κ1) is 21.4. The lowest BCUT2D eigenvalue weighted by Crippen LogP contribution is -2.17. The number of aromatic nitrogens is 2. The highest BCUT2D eigenvalue weighted by Crippen LogP contribution is 2.34. The van der Waals surface area contributed by atoms with Crippen LogP contribution in [0.15, 0.2) is 30.5 Å². The molecule has 0 saturated heterocycles. The van der Waals surface area contributed by atoms with E-state index in [2.05, 4.69) is 10.4 Å².